The molecule has 7 heteroatoms. The summed E-state index contributed by atoms with van der Waals surface area (Å²) in [6, 6.07) is 11.6. The Kier molecular flexibility index (Phi) is 4.89. The Morgan fingerprint density at radius 1 is 1.23 bits per heavy atom. The lowest BCUT2D eigenvalue weighted by molar-refractivity contribution is 0.0777. The fourth-order valence-electron chi connectivity index (χ4n) is 3.77. The van der Waals surface area contributed by atoms with Crippen molar-refractivity contribution < 1.29 is 4.79 Å². The molecule has 0 atom stereocenters. The van der Waals surface area contributed by atoms with Crippen LogP contribution in [0.1, 0.15) is 27.3 Å². The number of amides is 1. The zero-order valence-corrected chi connectivity index (χ0v) is 17.9. The van der Waals surface area contributed by atoms with Gasteiger partial charge in [-0.2, -0.15) is 0 Å². The zero-order chi connectivity index (χ0) is 20.7. The average molecular weight is 435 g/mol. The second-order valence-corrected chi connectivity index (χ2v) is 8.71. The number of thiazole rings is 1. The molecule has 4 aromatic rings. The molecule has 3 aromatic heterocycles. The molecule has 0 spiro atoms. The third kappa shape index (κ3) is 3.42. The van der Waals surface area contributed by atoms with Crippen molar-refractivity contribution in [1.82, 2.24) is 19.9 Å². The maximum absolute atomic E-state index is 13.2. The number of carbonyl (C=O) groups is 1. The summed E-state index contributed by atoms with van der Waals surface area (Å²) in [4.78, 5) is 28.0. The van der Waals surface area contributed by atoms with Gasteiger partial charge in [-0.1, -0.05) is 29.8 Å². The number of nitrogens with one attached hydrogen (secondary N) is 1. The first-order valence-corrected chi connectivity index (χ1v) is 10.9. The standard InChI is InChI=1S/C23H19ClN4OS/c1-14-20(30-22(27-14)16-4-6-17(24)7-5-16)23(29)28-11-8-15(9-12-28)19-13-26-21-18(19)3-2-10-25-21/h2-8,10,13H,9,11-12H2,1H3,(H,25,26). The summed E-state index contributed by atoms with van der Waals surface area (Å²) in [5.41, 5.74) is 5.06. The summed E-state index contributed by atoms with van der Waals surface area (Å²) in [7, 11) is 0. The molecule has 1 aromatic carbocycles. The fraction of sp³-hybridized carbons (Fsp3) is 0.174. The van der Waals surface area contributed by atoms with E-state index in [0.29, 0.717) is 23.0 Å². The number of halogens is 1. The minimum absolute atomic E-state index is 0.0427. The van der Waals surface area contributed by atoms with Crippen molar-refractivity contribution in [3.63, 3.8) is 0 Å². The number of fused-ring (bicyclic) bond motifs is 1. The van der Waals surface area contributed by atoms with Crippen molar-refractivity contribution in [3.05, 3.63) is 76.0 Å². The van der Waals surface area contributed by atoms with Gasteiger partial charge < -0.3 is 9.88 Å². The monoisotopic (exact) mass is 434 g/mol. The molecule has 30 heavy (non-hydrogen) atoms. The highest BCUT2D eigenvalue weighted by Gasteiger charge is 2.24. The summed E-state index contributed by atoms with van der Waals surface area (Å²) in [5, 5.41) is 2.65. The molecule has 1 N–H and O–H groups in total. The predicted molar refractivity (Wildman–Crippen MR) is 122 cm³/mol. The molecule has 0 fully saturated rings. The number of aryl methyl sites for hydroxylation is 1. The average Bonchev–Trinajstić information content (AvgIpc) is 3.38. The van der Waals surface area contributed by atoms with Crippen molar-refractivity contribution >= 4 is 45.5 Å². The van der Waals surface area contributed by atoms with E-state index < -0.39 is 0 Å². The van der Waals surface area contributed by atoms with Gasteiger partial charge in [0.05, 0.1) is 5.69 Å². The van der Waals surface area contributed by atoms with Crippen molar-refractivity contribution in [2.24, 2.45) is 0 Å². The molecule has 0 bridgehead atoms. The van der Waals surface area contributed by atoms with E-state index in [4.69, 9.17) is 11.6 Å². The van der Waals surface area contributed by atoms with Gasteiger partial charge in [0.25, 0.3) is 5.91 Å². The maximum Gasteiger partial charge on any atom is 0.266 e. The van der Waals surface area contributed by atoms with E-state index in [1.54, 1.807) is 6.20 Å². The third-order valence-corrected chi connectivity index (χ3v) is 6.82. The molecule has 0 aliphatic carbocycles. The SMILES string of the molecule is Cc1nc(-c2ccc(Cl)cc2)sc1C(=O)N1CC=C(c2c[nH]c3ncccc23)CC1. The molecule has 150 valence electrons. The van der Waals surface area contributed by atoms with Crippen molar-refractivity contribution in [2.45, 2.75) is 13.3 Å². The minimum Gasteiger partial charge on any atom is -0.346 e. The summed E-state index contributed by atoms with van der Waals surface area (Å²) in [6.07, 6.45) is 6.75. The number of rotatable bonds is 3. The molecular formula is C23H19ClN4OS. The van der Waals surface area contributed by atoms with Crippen LogP contribution in [0.2, 0.25) is 5.02 Å². The van der Waals surface area contributed by atoms with Crippen molar-refractivity contribution in [3.8, 4) is 10.6 Å². The largest absolute Gasteiger partial charge is 0.346 e. The third-order valence-electron chi connectivity index (χ3n) is 5.38. The Labute approximate surface area is 183 Å². The van der Waals surface area contributed by atoms with Gasteiger partial charge in [0, 0.05) is 47.0 Å². The summed E-state index contributed by atoms with van der Waals surface area (Å²) in [5.74, 6) is 0.0427. The van der Waals surface area contributed by atoms with E-state index in [0.717, 1.165) is 33.7 Å². The molecule has 1 amide bonds. The number of carbonyl (C=O) groups excluding carboxylic acids is 1. The molecule has 0 saturated carbocycles. The number of hydrogen-bond acceptors (Lipinski definition) is 4. The summed E-state index contributed by atoms with van der Waals surface area (Å²) in [6.45, 7) is 3.17. The van der Waals surface area contributed by atoms with Crippen LogP contribution < -0.4 is 0 Å². The van der Waals surface area contributed by atoms with E-state index in [2.05, 4.69) is 27.1 Å². The normalized spacial score (nSPS) is 14.2. The van der Waals surface area contributed by atoms with Crippen LogP contribution in [0.25, 0.3) is 27.2 Å². The first-order valence-electron chi connectivity index (χ1n) is 9.74. The van der Waals surface area contributed by atoms with Gasteiger partial charge in [0.1, 0.15) is 15.5 Å². The number of pyridine rings is 1. The van der Waals surface area contributed by atoms with Gasteiger partial charge in [-0.05, 0) is 43.2 Å². The van der Waals surface area contributed by atoms with Crippen LogP contribution in [-0.4, -0.2) is 38.8 Å². The van der Waals surface area contributed by atoms with Crippen LogP contribution in [0.15, 0.2) is 54.9 Å². The molecule has 0 unspecified atom stereocenters. The highest BCUT2D eigenvalue weighted by Crippen LogP contribution is 2.32. The molecule has 1 aliphatic rings. The first-order chi connectivity index (χ1) is 14.6. The van der Waals surface area contributed by atoms with E-state index in [1.165, 1.54) is 22.5 Å². The Morgan fingerprint density at radius 2 is 2.07 bits per heavy atom. The van der Waals surface area contributed by atoms with Crippen LogP contribution in [0.3, 0.4) is 0 Å². The van der Waals surface area contributed by atoms with Gasteiger partial charge in [0.2, 0.25) is 0 Å². The molecule has 4 heterocycles. The van der Waals surface area contributed by atoms with Crippen LogP contribution in [0.5, 0.6) is 0 Å². The number of hydrogen-bond donors (Lipinski definition) is 1. The highest BCUT2D eigenvalue weighted by molar-refractivity contribution is 7.17. The Morgan fingerprint density at radius 3 is 2.83 bits per heavy atom. The van der Waals surface area contributed by atoms with Gasteiger partial charge >= 0.3 is 0 Å². The summed E-state index contributed by atoms with van der Waals surface area (Å²) >= 11 is 7.42. The number of aromatic nitrogens is 3. The lowest BCUT2D eigenvalue weighted by Gasteiger charge is -2.26. The van der Waals surface area contributed by atoms with E-state index in [-0.39, 0.29) is 5.91 Å². The van der Waals surface area contributed by atoms with Gasteiger partial charge in [-0.3, -0.25) is 4.79 Å². The van der Waals surface area contributed by atoms with Crippen LogP contribution in [-0.2, 0) is 0 Å². The van der Waals surface area contributed by atoms with E-state index in [1.807, 2.05) is 48.4 Å². The lowest BCUT2D eigenvalue weighted by atomic mass is 9.99. The zero-order valence-electron chi connectivity index (χ0n) is 16.4. The smallest absolute Gasteiger partial charge is 0.266 e. The maximum atomic E-state index is 13.2. The molecule has 5 rings (SSSR count). The summed E-state index contributed by atoms with van der Waals surface area (Å²) < 4.78 is 0. The van der Waals surface area contributed by atoms with Crippen LogP contribution in [0.4, 0.5) is 0 Å². The molecule has 1 aliphatic heterocycles. The van der Waals surface area contributed by atoms with Gasteiger partial charge in [-0.25, -0.2) is 9.97 Å². The number of aromatic amines is 1. The van der Waals surface area contributed by atoms with Gasteiger partial charge in [0.15, 0.2) is 0 Å². The second kappa shape index (κ2) is 7.70. The van der Waals surface area contributed by atoms with E-state index >= 15 is 0 Å². The number of benzene rings is 1. The Hall–Kier alpha value is -2.96. The Bertz CT molecular complexity index is 1270. The quantitative estimate of drug-likeness (QED) is 0.458. The fourth-order valence-corrected chi connectivity index (χ4v) is 4.94. The molecule has 5 nitrogen and oxygen atoms in total. The highest BCUT2D eigenvalue weighted by atomic mass is 35.5. The topological polar surface area (TPSA) is 61.9 Å². The van der Waals surface area contributed by atoms with Crippen LogP contribution >= 0.6 is 22.9 Å². The van der Waals surface area contributed by atoms with E-state index in [9.17, 15) is 4.79 Å². The molecular weight excluding hydrogens is 416 g/mol. The van der Waals surface area contributed by atoms with Crippen molar-refractivity contribution in [1.29, 1.82) is 0 Å². The number of H-pyrrole nitrogens is 1. The van der Waals surface area contributed by atoms with Crippen LogP contribution in [0, 0.1) is 6.92 Å². The molecule has 0 radical (unpaired) electrons. The van der Waals surface area contributed by atoms with Gasteiger partial charge in [-0.15, -0.1) is 11.3 Å². The molecule has 0 saturated heterocycles. The minimum atomic E-state index is 0.0427. The van der Waals surface area contributed by atoms with Crippen molar-refractivity contribution in [2.75, 3.05) is 13.1 Å². The predicted octanol–water partition coefficient (Wildman–Crippen LogP) is 5.58. The number of nitrogens with zero attached hydrogens (tertiary/aromatic N) is 3. The first kappa shape index (κ1) is 19.0. The lowest BCUT2D eigenvalue weighted by Crippen LogP contribution is -2.34. The Balaban J connectivity index is 1.36. The second-order valence-electron chi connectivity index (χ2n) is 7.27.